The van der Waals surface area contributed by atoms with Crippen LogP contribution in [0.4, 0.5) is 5.82 Å². The summed E-state index contributed by atoms with van der Waals surface area (Å²) in [5.41, 5.74) is 1.95. The molecule has 0 saturated heterocycles. The van der Waals surface area contributed by atoms with Crippen LogP contribution >= 0.6 is 11.8 Å². The summed E-state index contributed by atoms with van der Waals surface area (Å²) in [6.07, 6.45) is 0. The lowest BCUT2D eigenvalue weighted by molar-refractivity contribution is -0.115. The van der Waals surface area contributed by atoms with Gasteiger partial charge in [-0.3, -0.25) is 4.79 Å². The molecule has 0 aliphatic rings. The van der Waals surface area contributed by atoms with Crippen molar-refractivity contribution >= 4 is 23.5 Å². The molecular formula is C15H16N6O2S. The molecule has 3 rings (SSSR count). The molecule has 24 heavy (non-hydrogen) atoms. The van der Waals surface area contributed by atoms with Crippen molar-refractivity contribution in [2.75, 3.05) is 5.32 Å². The molecule has 1 N–H and O–H groups in total. The van der Waals surface area contributed by atoms with Gasteiger partial charge in [-0.2, -0.15) is 4.68 Å². The highest BCUT2D eigenvalue weighted by Crippen LogP contribution is 2.24. The van der Waals surface area contributed by atoms with Gasteiger partial charge in [0.05, 0.1) is 10.9 Å². The van der Waals surface area contributed by atoms with Gasteiger partial charge in [0, 0.05) is 6.07 Å². The predicted molar refractivity (Wildman–Crippen MR) is 89.1 cm³/mol. The van der Waals surface area contributed by atoms with Gasteiger partial charge in [-0.1, -0.05) is 29.1 Å². The smallest absolute Gasteiger partial charge is 0.238 e. The Morgan fingerprint density at radius 2 is 2.17 bits per heavy atom. The maximum Gasteiger partial charge on any atom is 0.238 e. The van der Waals surface area contributed by atoms with Crippen molar-refractivity contribution in [2.45, 2.75) is 31.2 Å². The second-order valence-corrected chi connectivity index (χ2v) is 6.59. The highest BCUT2D eigenvalue weighted by Gasteiger charge is 2.20. The highest BCUT2D eigenvalue weighted by atomic mass is 32.2. The van der Waals surface area contributed by atoms with Crippen LogP contribution in [0.25, 0.3) is 5.69 Å². The SMILES string of the molecule is Cc1cccc(-n2nnnc2S[C@H](C)C(=O)Nc2cc(C)on2)c1. The largest absolute Gasteiger partial charge is 0.360 e. The van der Waals surface area contributed by atoms with Gasteiger partial charge in [-0.25, -0.2) is 0 Å². The van der Waals surface area contributed by atoms with Gasteiger partial charge in [0.2, 0.25) is 11.1 Å². The van der Waals surface area contributed by atoms with Crippen LogP contribution in [0, 0.1) is 13.8 Å². The lowest BCUT2D eigenvalue weighted by Crippen LogP contribution is -2.23. The van der Waals surface area contributed by atoms with Crippen molar-refractivity contribution < 1.29 is 9.32 Å². The Morgan fingerprint density at radius 3 is 2.88 bits per heavy atom. The van der Waals surface area contributed by atoms with Gasteiger partial charge in [0.15, 0.2) is 5.82 Å². The molecule has 1 amide bonds. The van der Waals surface area contributed by atoms with Crippen LogP contribution < -0.4 is 5.32 Å². The van der Waals surface area contributed by atoms with Crippen molar-refractivity contribution in [1.29, 1.82) is 0 Å². The monoisotopic (exact) mass is 344 g/mol. The van der Waals surface area contributed by atoms with E-state index in [9.17, 15) is 4.79 Å². The molecule has 0 saturated carbocycles. The normalized spacial score (nSPS) is 12.1. The summed E-state index contributed by atoms with van der Waals surface area (Å²) in [6.45, 7) is 5.54. The van der Waals surface area contributed by atoms with Crippen molar-refractivity contribution in [2.24, 2.45) is 0 Å². The number of aromatic nitrogens is 5. The van der Waals surface area contributed by atoms with Gasteiger partial charge in [-0.05, 0) is 48.9 Å². The molecule has 0 bridgehead atoms. The number of anilines is 1. The number of hydrogen-bond donors (Lipinski definition) is 1. The Bertz CT molecular complexity index is 859. The Balaban J connectivity index is 1.72. The topological polar surface area (TPSA) is 98.7 Å². The highest BCUT2D eigenvalue weighted by molar-refractivity contribution is 8.00. The summed E-state index contributed by atoms with van der Waals surface area (Å²) in [6, 6.07) is 9.48. The average Bonchev–Trinajstić information content (AvgIpc) is 3.16. The summed E-state index contributed by atoms with van der Waals surface area (Å²) >= 11 is 1.27. The molecule has 0 unspecified atom stereocenters. The third-order valence-electron chi connectivity index (χ3n) is 3.22. The number of benzene rings is 1. The Labute approximate surface area is 142 Å². The fraction of sp³-hybridized carbons (Fsp3) is 0.267. The summed E-state index contributed by atoms with van der Waals surface area (Å²) < 4.78 is 6.54. The molecule has 0 spiro atoms. The first-order valence-corrected chi connectivity index (χ1v) is 8.17. The lowest BCUT2D eigenvalue weighted by atomic mass is 10.2. The van der Waals surface area contributed by atoms with Crippen LogP contribution in [0.3, 0.4) is 0 Å². The number of carbonyl (C=O) groups is 1. The zero-order valence-corrected chi connectivity index (χ0v) is 14.2. The number of aryl methyl sites for hydroxylation is 2. The number of thioether (sulfide) groups is 1. The lowest BCUT2D eigenvalue weighted by Gasteiger charge is -2.10. The minimum absolute atomic E-state index is 0.202. The van der Waals surface area contributed by atoms with E-state index in [0.29, 0.717) is 16.7 Å². The van der Waals surface area contributed by atoms with Crippen molar-refractivity contribution in [3.63, 3.8) is 0 Å². The molecule has 2 aromatic heterocycles. The first kappa shape index (κ1) is 16.2. The van der Waals surface area contributed by atoms with E-state index >= 15 is 0 Å². The van der Waals surface area contributed by atoms with Crippen molar-refractivity contribution in [1.82, 2.24) is 25.4 Å². The van der Waals surface area contributed by atoms with E-state index in [4.69, 9.17) is 4.52 Å². The number of amides is 1. The van der Waals surface area contributed by atoms with Gasteiger partial charge in [0.25, 0.3) is 0 Å². The van der Waals surface area contributed by atoms with Crippen LogP contribution in [0.1, 0.15) is 18.2 Å². The molecule has 2 heterocycles. The Kier molecular flexibility index (Phi) is 4.61. The minimum atomic E-state index is -0.406. The minimum Gasteiger partial charge on any atom is -0.360 e. The van der Waals surface area contributed by atoms with E-state index in [2.05, 4.69) is 26.0 Å². The van der Waals surface area contributed by atoms with E-state index in [1.165, 1.54) is 11.8 Å². The zero-order valence-electron chi connectivity index (χ0n) is 13.4. The summed E-state index contributed by atoms with van der Waals surface area (Å²) in [5.74, 6) is 0.823. The van der Waals surface area contributed by atoms with E-state index in [1.54, 1.807) is 24.6 Å². The molecule has 9 heteroatoms. The van der Waals surface area contributed by atoms with Gasteiger partial charge in [-0.15, -0.1) is 5.10 Å². The first-order chi connectivity index (χ1) is 11.5. The maximum atomic E-state index is 12.3. The third-order valence-corrected chi connectivity index (χ3v) is 4.25. The van der Waals surface area contributed by atoms with Crippen LogP contribution in [0.5, 0.6) is 0 Å². The summed E-state index contributed by atoms with van der Waals surface area (Å²) in [7, 11) is 0. The number of tetrazole rings is 1. The molecule has 3 aromatic rings. The van der Waals surface area contributed by atoms with Crippen molar-refractivity contribution in [3.8, 4) is 5.69 Å². The molecular weight excluding hydrogens is 328 g/mol. The van der Waals surface area contributed by atoms with Gasteiger partial charge in [0.1, 0.15) is 5.76 Å². The zero-order chi connectivity index (χ0) is 17.1. The molecule has 0 fully saturated rings. The molecule has 1 aromatic carbocycles. The second-order valence-electron chi connectivity index (χ2n) is 5.28. The van der Waals surface area contributed by atoms with Crippen LogP contribution in [-0.4, -0.2) is 36.5 Å². The van der Waals surface area contributed by atoms with Crippen molar-refractivity contribution in [3.05, 3.63) is 41.7 Å². The van der Waals surface area contributed by atoms with E-state index in [-0.39, 0.29) is 5.91 Å². The number of carbonyl (C=O) groups excluding carboxylic acids is 1. The third kappa shape index (κ3) is 3.62. The number of rotatable bonds is 5. The molecule has 0 aliphatic carbocycles. The Hall–Kier alpha value is -2.68. The molecule has 124 valence electrons. The van der Waals surface area contributed by atoms with E-state index in [0.717, 1.165) is 11.3 Å². The first-order valence-electron chi connectivity index (χ1n) is 7.29. The fourth-order valence-corrected chi connectivity index (χ4v) is 2.85. The Morgan fingerprint density at radius 1 is 1.33 bits per heavy atom. The fourth-order valence-electron chi connectivity index (χ4n) is 2.04. The standard InChI is InChI=1S/C15H16N6O2S/c1-9-5-4-6-12(7-9)21-15(17-19-20-21)24-11(3)14(22)16-13-8-10(2)23-18-13/h4-8,11H,1-3H3,(H,16,18,22)/t11-/m1/s1. The summed E-state index contributed by atoms with van der Waals surface area (Å²) in [4.78, 5) is 12.3. The van der Waals surface area contributed by atoms with Crippen LogP contribution in [0.15, 0.2) is 40.0 Å². The molecule has 0 radical (unpaired) electrons. The number of hydrogen-bond acceptors (Lipinski definition) is 7. The summed E-state index contributed by atoms with van der Waals surface area (Å²) in [5, 5.41) is 18.3. The quantitative estimate of drug-likeness (QED) is 0.709. The predicted octanol–water partition coefficient (Wildman–Crippen LogP) is 2.39. The van der Waals surface area contributed by atoms with Gasteiger partial charge < -0.3 is 9.84 Å². The van der Waals surface area contributed by atoms with E-state index < -0.39 is 5.25 Å². The molecule has 8 nitrogen and oxygen atoms in total. The van der Waals surface area contributed by atoms with E-state index in [1.807, 2.05) is 31.2 Å². The van der Waals surface area contributed by atoms with Gasteiger partial charge >= 0.3 is 0 Å². The average molecular weight is 344 g/mol. The number of nitrogens with zero attached hydrogens (tertiary/aromatic N) is 5. The second kappa shape index (κ2) is 6.83. The van der Waals surface area contributed by atoms with Crippen LogP contribution in [-0.2, 0) is 4.79 Å². The maximum absolute atomic E-state index is 12.3. The molecule has 0 aliphatic heterocycles. The molecule has 1 atom stereocenters. The number of nitrogens with one attached hydrogen (secondary N) is 1. The van der Waals surface area contributed by atoms with Crippen LogP contribution in [0.2, 0.25) is 0 Å².